The maximum Gasteiger partial charge on any atom is 0.319 e. The third-order valence-corrected chi connectivity index (χ3v) is 6.83. The van der Waals surface area contributed by atoms with Crippen molar-refractivity contribution in [2.24, 2.45) is 5.41 Å². The van der Waals surface area contributed by atoms with Gasteiger partial charge in [-0.05, 0) is 44.0 Å². The van der Waals surface area contributed by atoms with Crippen LogP contribution in [0.25, 0.3) is 11.4 Å². The van der Waals surface area contributed by atoms with E-state index < -0.39 is 0 Å². The first-order valence-electron chi connectivity index (χ1n) is 11.7. The predicted molar refractivity (Wildman–Crippen MR) is 124 cm³/mol. The molecule has 4 aliphatic rings. The molecule has 10 heteroatoms. The molecular weight excluding hydrogens is 422 g/mol. The first-order valence-corrected chi connectivity index (χ1v) is 11.7. The molecule has 0 saturated carbocycles. The third kappa shape index (κ3) is 3.97. The Kier molecular flexibility index (Phi) is 5.06. The van der Waals surface area contributed by atoms with E-state index in [-0.39, 0.29) is 23.7 Å². The number of amides is 2. The van der Waals surface area contributed by atoms with Crippen LogP contribution in [0.2, 0.25) is 0 Å². The zero-order valence-corrected chi connectivity index (χ0v) is 18.8. The molecule has 33 heavy (non-hydrogen) atoms. The molecule has 1 aromatic carbocycles. The SMILES string of the molecule is CCNC(=O)Nc1ccc(-c2nc(N3CC4CCC(C3)O4)nc(N3CC4(COC4)C3)n2)cc1. The molecule has 4 aliphatic heterocycles. The molecule has 2 amide bonds. The highest BCUT2D eigenvalue weighted by molar-refractivity contribution is 5.89. The van der Waals surface area contributed by atoms with Crippen LogP contribution in [-0.2, 0) is 9.47 Å². The predicted octanol–water partition coefficient (Wildman–Crippen LogP) is 1.88. The summed E-state index contributed by atoms with van der Waals surface area (Å²) >= 11 is 0. The summed E-state index contributed by atoms with van der Waals surface area (Å²) in [7, 11) is 0. The number of benzene rings is 1. The van der Waals surface area contributed by atoms with Crippen LogP contribution in [0.4, 0.5) is 22.4 Å². The average molecular weight is 452 g/mol. The molecule has 0 aliphatic carbocycles. The number of ether oxygens (including phenoxy) is 2. The molecule has 0 radical (unpaired) electrons. The van der Waals surface area contributed by atoms with Crippen LogP contribution in [0.5, 0.6) is 0 Å². The average Bonchev–Trinajstić information content (AvgIpc) is 3.09. The largest absolute Gasteiger partial charge is 0.380 e. The van der Waals surface area contributed by atoms with Crippen LogP contribution >= 0.6 is 0 Å². The summed E-state index contributed by atoms with van der Waals surface area (Å²) in [5, 5.41) is 5.56. The van der Waals surface area contributed by atoms with Crippen molar-refractivity contribution < 1.29 is 14.3 Å². The molecule has 2 unspecified atom stereocenters. The number of carbonyl (C=O) groups excluding carboxylic acids is 1. The fraction of sp³-hybridized carbons (Fsp3) is 0.565. The van der Waals surface area contributed by atoms with E-state index in [0.717, 1.165) is 69.4 Å². The lowest BCUT2D eigenvalue weighted by atomic mass is 9.78. The number of rotatable bonds is 5. The monoisotopic (exact) mass is 451 g/mol. The summed E-state index contributed by atoms with van der Waals surface area (Å²) in [5.41, 5.74) is 1.88. The maximum absolute atomic E-state index is 11.8. The van der Waals surface area contributed by atoms with E-state index >= 15 is 0 Å². The Balaban J connectivity index is 1.27. The number of nitrogens with one attached hydrogen (secondary N) is 2. The minimum Gasteiger partial charge on any atom is -0.380 e. The van der Waals surface area contributed by atoms with Gasteiger partial charge in [0.05, 0.1) is 30.8 Å². The number of morpholine rings is 1. The van der Waals surface area contributed by atoms with Gasteiger partial charge in [0.15, 0.2) is 5.82 Å². The molecule has 2 atom stereocenters. The Labute approximate surface area is 192 Å². The summed E-state index contributed by atoms with van der Waals surface area (Å²) in [6.45, 7) is 7.56. The van der Waals surface area contributed by atoms with Crippen LogP contribution in [0, 0.1) is 5.41 Å². The number of aromatic nitrogens is 3. The number of hydrogen-bond acceptors (Lipinski definition) is 8. The molecule has 1 spiro atoms. The van der Waals surface area contributed by atoms with E-state index in [9.17, 15) is 4.79 Å². The van der Waals surface area contributed by atoms with E-state index in [2.05, 4.69) is 20.4 Å². The van der Waals surface area contributed by atoms with E-state index in [1.807, 2.05) is 31.2 Å². The fourth-order valence-electron chi connectivity index (χ4n) is 5.06. The highest BCUT2D eigenvalue weighted by Crippen LogP contribution is 2.40. The molecule has 174 valence electrons. The van der Waals surface area contributed by atoms with Gasteiger partial charge < -0.3 is 29.9 Å². The lowest BCUT2D eigenvalue weighted by Gasteiger charge is -2.54. The molecular formula is C23H29N7O3. The molecule has 5 heterocycles. The Hall–Kier alpha value is -2.98. The summed E-state index contributed by atoms with van der Waals surface area (Å²) in [6, 6.07) is 7.39. The van der Waals surface area contributed by atoms with Gasteiger partial charge in [0, 0.05) is 44.0 Å². The van der Waals surface area contributed by atoms with Gasteiger partial charge in [-0.1, -0.05) is 0 Å². The highest BCUT2D eigenvalue weighted by atomic mass is 16.5. The normalized spacial score (nSPS) is 24.9. The number of nitrogens with zero attached hydrogens (tertiary/aromatic N) is 5. The second-order valence-electron chi connectivity index (χ2n) is 9.53. The number of hydrogen-bond donors (Lipinski definition) is 2. The Morgan fingerprint density at radius 3 is 2.30 bits per heavy atom. The number of anilines is 3. The summed E-state index contributed by atoms with van der Waals surface area (Å²) in [4.78, 5) is 30.8. The molecule has 10 nitrogen and oxygen atoms in total. The zero-order valence-electron chi connectivity index (χ0n) is 18.8. The van der Waals surface area contributed by atoms with Gasteiger partial charge in [0.25, 0.3) is 0 Å². The Bertz CT molecular complexity index is 1020. The van der Waals surface area contributed by atoms with E-state index in [4.69, 9.17) is 24.4 Å². The number of carbonyl (C=O) groups is 1. The molecule has 1 aromatic heterocycles. The molecule has 2 N–H and O–H groups in total. The summed E-state index contributed by atoms with van der Waals surface area (Å²) in [5.74, 6) is 2.07. The summed E-state index contributed by atoms with van der Waals surface area (Å²) < 4.78 is 11.4. The van der Waals surface area contributed by atoms with Gasteiger partial charge in [0.1, 0.15) is 0 Å². The van der Waals surface area contributed by atoms with Crippen molar-refractivity contribution in [2.45, 2.75) is 32.0 Å². The van der Waals surface area contributed by atoms with Crippen LogP contribution in [0.1, 0.15) is 19.8 Å². The van der Waals surface area contributed by atoms with Crippen LogP contribution in [-0.4, -0.2) is 79.1 Å². The van der Waals surface area contributed by atoms with Gasteiger partial charge in [0.2, 0.25) is 11.9 Å². The van der Waals surface area contributed by atoms with Crippen molar-refractivity contribution in [1.82, 2.24) is 20.3 Å². The van der Waals surface area contributed by atoms with Gasteiger partial charge in [-0.3, -0.25) is 0 Å². The Morgan fingerprint density at radius 2 is 1.70 bits per heavy atom. The van der Waals surface area contributed by atoms with Crippen molar-refractivity contribution >= 4 is 23.6 Å². The standard InChI is InChI=1S/C23H29N7O3/c1-2-24-22(31)25-16-5-3-15(4-6-16)19-26-20(29-9-17-7-8-18(10-29)33-17)28-21(27-19)30-11-23(12-30)13-32-14-23/h3-6,17-18H,2,7-14H2,1H3,(H2,24,25,31). The maximum atomic E-state index is 11.8. The fourth-order valence-corrected chi connectivity index (χ4v) is 5.06. The van der Waals surface area contributed by atoms with Crippen LogP contribution in [0.15, 0.2) is 24.3 Å². The van der Waals surface area contributed by atoms with Crippen molar-refractivity contribution in [2.75, 3.05) is 61.1 Å². The lowest BCUT2D eigenvalue weighted by Crippen LogP contribution is -2.66. The van der Waals surface area contributed by atoms with Crippen molar-refractivity contribution in [3.05, 3.63) is 24.3 Å². The number of urea groups is 1. The van der Waals surface area contributed by atoms with Crippen molar-refractivity contribution in [1.29, 1.82) is 0 Å². The molecule has 2 bridgehead atoms. The smallest absolute Gasteiger partial charge is 0.319 e. The van der Waals surface area contributed by atoms with E-state index in [1.54, 1.807) is 0 Å². The van der Waals surface area contributed by atoms with Gasteiger partial charge in [-0.2, -0.15) is 15.0 Å². The third-order valence-electron chi connectivity index (χ3n) is 6.83. The lowest BCUT2D eigenvalue weighted by molar-refractivity contribution is -0.127. The quantitative estimate of drug-likeness (QED) is 0.710. The number of fused-ring (bicyclic) bond motifs is 2. The first kappa shape index (κ1) is 20.6. The van der Waals surface area contributed by atoms with Crippen molar-refractivity contribution in [3.8, 4) is 11.4 Å². The Morgan fingerprint density at radius 1 is 1.03 bits per heavy atom. The van der Waals surface area contributed by atoms with Crippen molar-refractivity contribution in [3.63, 3.8) is 0 Å². The first-order chi connectivity index (χ1) is 16.1. The minimum absolute atomic E-state index is 0.219. The second-order valence-corrected chi connectivity index (χ2v) is 9.53. The topological polar surface area (TPSA) is 105 Å². The molecule has 6 rings (SSSR count). The van der Waals surface area contributed by atoms with Crippen LogP contribution in [0.3, 0.4) is 0 Å². The second kappa shape index (κ2) is 8.11. The molecule has 2 aromatic rings. The molecule has 4 fully saturated rings. The van der Waals surface area contributed by atoms with Gasteiger partial charge in [-0.25, -0.2) is 4.79 Å². The van der Waals surface area contributed by atoms with Gasteiger partial charge >= 0.3 is 6.03 Å². The minimum atomic E-state index is -0.219. The van der Waals surface area contributed by atoms with Gasteiger partial charge in [-0.15, -0.1) is 0 Å². The van der Waals surface area contributed by atoms with E-state index in [0.29, 0.717) is 18.3 Å². The zero-order chi connectivity index (χ0) is 22.4. The van der Waals surface area contributed by atoms with E-state index in [1.165, 1.54) is 0 Å². The summed E-state index contributed by atoms with van der Waals surface area (Å²) in [6.07, 6.45) is 2.71. The molecule has 4 saturated heterocycles. The highest BCUT2D eigenvalue weighted by Gasteiger charge is 2.50. The van der Waals surface area contributed by atoms with Crippen LogP contribution < -0.4 is 20.4 Å².